The first-order valence-corrected chi connectivity index (χ1v) is 6.58. The number of carboxylic acid groups (broad SMARTS) is 1. The Hall–Kier alpha value is -2.56. The molecule has 21 heavy (non-hydrogen) atoms. The largest absolute Gasteiger partial charge is 0.494 e. The van der Waals surface area contributed by atoms with Gasteiger partial charge in [0.05, 0.1) is 12.2 Å². The molecule has 0 aliphatic heterocycles. The number of anilines is 1. The number of nitrogens with one attached hydrogen (secondary N) is 1. The van der Waals surface area contributed by atoms with Gasteiger partial charge in [0.2, 0.25) is 0 Å². The fourth-order valence-corrected chi connectivity index (χ4v) is 1.87. The highest BCUT2D eigenvalue weighted by atomic mass is 19.1. The van der Waals surface area contributed by atoms with Gasteiger partial charge in [-0.1, -0.05) is 12.1 Å². The quantitative estimate of drug-likeness (QED) is 0.854. The maximum absolute atomic E-state index is 13.3. The molecule has 2 aromatic carbocycles. The van der Waals surface area contributed by atoms with Crippen molar-refractivity contribution < 1.29 is 19.0 Å². The Kier molecular flexibility index (Phi) is 4.77. The monoisotopic (exact) mass is 289 g/mol. The predicted octanol–water partition coefficient (Wildman–Crippen LogP) is 3.53. The lowest BCUT2D eigenvalue weighted by Gasteiger charge is -2.09. The minimum atomic E-state index is -1.28. The van der Waals surface area contributed by atoms with Crippen molar-refractivity contribution >= 4 is 11.7 Å². The molecule has 0 aliphatic rings. The molecule has 5 heteroatoms. The molecule has 0 aromatic heterocycles. The fourth-order valence-electron chi connectivity index (χ4n) is 1.87. The summed E-state index contributed by atoms with van der Waals surface area (Å²) >= 11 is 0. The fraction of sp³-hybridized carbons (Fsp3) is 0.188. The zero-order chi connectivity index (χ0) is 15.2. The van der Waals surface area contributed by atoms with Gasteiger partial charge in [-0.3, -0.25) is 0 Å². The second-order valence-electron chi connectivity index (χ2n) is 4.43. The van der Waals surface area contributed by atoms with Crippen molar-refractivity contribution in [3.05, 3.63) is 59.4 Å². The summed E-state index contributed by atoms with van der Waals surface area (Å²) in [6.45, 7) is 3.05. The number of benzene rings is 2. The summed E-state index contributed by atoms with van der Waals surface area (Å²) in [4.78, 5) is 10.9. The lowest BCUT2D eigenvalue weighted by molar-refractivity contribution is 0.0692. The Bertz CT molecular complexity index is 626. The van der Waals surface area contributed by atoms with E-state index in [1.54, 1.807) is 0 Å². The molecule has 0 bridgehead atoms. The maximum Gasteiger partial charge on any atom is 0.338 e. The third-order valence-corrected chi connectivity index (χ3v) is 2.93. The van der Waals surface area contributed by atoms with Gasteiger partial charge in [0.25, 0.3) is 0 Å². The van der Waals surface area contributed by atoms with Gasteiger partial charge in [-0.15, -0.1) is 0 Å². The summed E-state index contributed by atoms with van der Waals surface area (Å²) in [5.74, 6) is -1.22. The van der Waals surface area contributed by atoms with E-state index in [1.165, 1.54) is 12.1 Å². The second kappa shape index (κ2) is 6.74. The molecule has 0 saturated carbocycles. The molecule has 4 nitrogen and oxygen atoms in total. The number of aromatic carboxylic acids is 1. The van der Waals surface area contributed by atoms with Crippen molar-refractivity contribution in [2.45, 2.75) is 13.5 Å². The SMILES string of the molecule is CCOc1ccc(CNc2ccc(F)c(C(=O)O)c2)cc1. The van der Waals surface area contributed by atoms with E-state index in [9.17, 15) is 9.18 Å². The molecular formula is C16H16FNO3. The number of rotatable bonds is 6. The van der Waals surface area contributed by atoms with Crippen LogP contribution >= 0.6 is 0 Å². The van der Waals surface area contributed by atoms with Crippen LogP contribution in [0.3, 0.4) is 0 Å². The van der Waals surface area contributed by atoms with Crippen LogP contribution in [-0.4, -0.2) is 17.7 Å². The van der Waals surface area contributed by atoms with Crippen LogP contribution in [0, 0.1) is 5.82 Å². The van der Waals surface area contributed by atoms with Crippen molar-refractivity contribution in [1.82, 2.24) is 0 Å². The number of carboxylic acids is 1. The lowest BCUT2D eigenvalue weighted by atomic mass is 10.1. The average molecular weight is 289 g/mol. The van der Waals surface area contributed by atoms with Gasteiger partial charge in [-0.2, -0.15) is 0 Å². The van der Waals surface area contributed by atoms with Crippen LogP contribution < -0.4 is 10.1 Å². The molecule has 0 radical (unpaired) electrons. The topological polar surface area (TPSA) is 58.6 Å². The molecule has 2 rings (SSSR count). The first kappa shape index (κ1) is 14.8. The Morgan fingerprint density at radius 3 is 2.57 bits per heavy atom. The first-order chi connectivity index (χ1) is 10.1. The van der Waals surface area contributed by atoms with Crippen LogP contribution in [0.25, 0.3) is 0 Å². The third-order valence-electron chi connectivity index (χ3n) is 2.93. The van der Waals surface area contributed by atoms with Gasteiger partial charge < -0.3 is 15.2 Å². The van der Waals surface area contributed by atoms with Gasteiger partial charge >= 0.3 is 5.97 Å². The van der Waals surface area contributed by atoms with Crippen molar-refractivity contribution in [1.29, 1.82) is 0 Å². The van der Waals surface area contributed by atoms with Crippen LogP contribution in [0.4, 0.5) is 10.1 Å². The van der Waals surface area contributed by atoms with Gasteiger partial charge in [0, 0.05) is 12.2 Å². The summed E-state index contributed by atoms with van der Waals surface area (Å²) in [6.07, 6.45) is 0. The van der Waals surface area contributed by atoms with Crippen LogP contribution in [0.2, 0.25) is 0 Å². The molecule has 0 spiro atoms. The van der Waals surface area contributed by atoms with E-state index >= 15 is 0 Å². The molecule has 2 aromatic rings. The van der Waals surface area contributed by atoms with Crippen LogP contribution in [0.1, 0.15) is 22.8 Å². The number of ether oxygens (including phenoxy) is 1. The smallest absolute Gasteiger partial charge is 0.338 e. The Morgan fingerprint density at radius 1 is 1.24 bits per heavy atom. The Labute approximate surface area is 122 Å². The van der Waals surface area contributed by atoms with Crippen LogP contribution in [-0.2, 0) is 6.54 Å². The second-order valence-corrected chi connectivity index (χ2v) is 4.43. The summed E-state index contributed by atoms with van der Waals surface area (Å²) in [6, 6.07) is 11.5. The van der Waals surface area contributed by atoms with E-state index < -0.39 is 11.8 Å². The molecule has 0 atom stereocenters. The van der Waals surface area contributed by atoms with Gasteiger partial charge in [-0.05, 0) is 42.8 Å². The summed E-state index contributed by atoms with van der Waals surface area (Å²) in [7, 11) is 0. The normalized spacial score (nSPS) is 10.2. The van der Waals surface area contributed by atoms with Crippen LogP contribution in [0.15, 0.2) is 42.5 Å². The number of hydrogen-bond acceptors (Lipinski definition) is 3. The molecule has 0 heterocycles. The molecule has 2 N–H and O–H groups in total. The number of carbonyl (C=O) groups is 1. The molecule has 0 unspecified atom stereocenters. The van der Waals surface area contributed by atoms with Gasteiger partial charge in [-0.25, -0.2) is 9.18 Å². The summed E-state index contributed by atoms with van der Waals surface area (Å²) in [5, 5.41) is 11.9. The number of halogens is 1. The first-order valence-electron chi connectivity index (χ1n) is 6.58. The van der Waals surface area contributed by atoms with E-state index in [2.05, 4.69) is 5.32 Å². The number of hydrogen-bond donors (Lipinski definition) is 2. The minimum Gasteiger partial charge on any atom is -0.494 e. The van der Waals surface area contributed by atoms with Crippen molar-refractivity contribution in [3.63, 3.8) is 0 Å². The lowest BCUT2D eigenvalue weighted by Crippen LogP contribution is -2.04. The van der Waals surface area contributed by atoms with E-state index in [-0.39, 0.29) is 5.56 Å². The molecular weight excluding hydrogens is 273 g/mol. The van der Waals surface area contributed by atoms with E-state index in [0.717, 1.165) is 17.4 Å². The summed E-state index contributed by atoms with van der Waals surface area (Å²) < 4.78 is 18.6. The molecule has 0 aliphatic carbocycles. The van der Waals surface area contributed by atoms with Crippen molar-refractivity contribution in [3.8, 4) is 5.75 Å². The summed E-state index contributed by atoms with van der Waals surface area (Å²) in [5.41, 5.74) is 1.23. The molecule has 0 amide bonds. The van der Waals surface area contributed by atoms with Gasteiger partial charge in [0.1, 0.15) is 11.6 Å². The molecule has 0 fully saturated rings. The van der Waals surface area contributed by atoms with Crippen molar-refractivity contribution in [2.24, 2.45) is 0 Å². The van der Waals surface area contributed by atoms with Crippen LogP contribution in [0.5, 0.6) is 5.75 Å². The zero-order valence-corrected chi connectivity index (χ0v) is 11.6. The van der Waals surface area contributed by atoms with Gasteiger partial charge in [0.15, 0.2) is 0 Å². The van der Waals surface area contributed by atoms with E-state index in [1.807, 2.05) is 31.2 Å². The maximum atomic E-state index is 13.3. The van der Waals surface area contributed by atoms with E-state index in [0.29, 0.717) is 18.8 Å². The van der Waals surface area contributed by atoms with Crippen molar-refractivity contribution in [2.75, 3.05) is 11.9 Å². The highest BCUT2D eigenvalue weighted by Crippen LogP contribution is 2.17. The third kappa shape index (κ3) is 3.95. The average Bonchev–Trinajstić information content (AvgIpc) is 2.48. The Balaban J connectivity index is 2.02. The standard InChI is InChI=1S/C16H16FNO3/c1-2-21-13-6-3-11(4-7-13)10-18-12-5-8-15(17)14(9-12)16(19)20/h3-9,18H,2,10H2,1H3,(H,19,20). The Morgan fingerprint density at radius 2 is 1.95 bits per heavy atom. The van der Waals surface area contributed by atoms with E-state index in [4.69, 9.17) is 9.84 Å². The highest BCUT2D eigenvalue weighted by Gasteiger charge is 2.10. The molecule has 110 valence electrons. The predicted molar refractivity (Wildman–Crippen MR) is 78.3 cm³/mol. The molecule has 0 saturated heterocycles. The zero-order valence-electron chi connectivity index (χ0n) is 11.6. The minimum absolute atomic E-state index is 0.341. The highest BCUT2D eigenvalue weighted by molar-refractivity contribution is 5.89.